The van der Waals surface area contributed by atoms with Crippen LogP contribution in [0.25, 0.3) is 22.6 Å². The number of aryl methyl sites for hydroxylation is 1. The highest BCUT2D eigenvalue weighted by Crippen LogP contribution is 2.39. The fourth-order valence-electron chi connectivity index (χ4n) is 3.95. The van der Waals surface area contributed by atoms with E-state index in [-0.39, 0.29) is 12.4 Å². The highest BCUT2D eigenvalue weighted by atomic mass is 32.1. The number of benzene rings is 2. The quantitative estimate of drug-likeness (QED) is 0.210. The molecule has 4 rings (SSSR count). The van der Waals surface area contributed by atoms with Crippen LogP contribution < -0.4 is 10.1 Å². The molecule has 1 N–H and O–H groups in total. The first-order chi connectivity index (χ1) is 16.9. The predicted octanol–water partition coefficient (Wildman–Crippen LogP) is 8.20. The molecule has 186 valence electrons. The van der Waals surface area contributed by atoms with E-state index in [9.17, 15) is 13.2 Å². The minimum Gasteiger partial charge on any atom is -0.493 e. The van der Waals surface area contributed by atoms with Crippen LogP contribution in [0.1, 0.15) is 51.0 Å². The van der Waals surface area contributed by atoms with Crippen LogP contribution in [0, 0.1) is 0 Å². The van der Waals surface area contributed by atoms with Gasteiger partial charge in [-0.05, 0) is 36.8 Å². The molecule has 0 amide bonds. The third-order valence-corrected chi connectivity index (χ3v) is 6.57. The monoisotopic (exact) mass is 502 g/mol. The molecule has 0 aliphatic carbocycles. The second-order valence-electron chi connectivity index (χ2n) is 8.47. The van der Waals surface area contributed by atoms with E-state index in [0.717, 1.165) is 49.2 Å². The first-order valence-corrected chi connectivity index (χ1v) is 12.7. The molecule has 0 saturated heterocycles. The molecule has 0 fully saturated rings. The van der Waals surface area contributed by atoms with Gasteiger partial charge in [-0.25, -0.2) is 9.97 Å². The molecule has 5 nitrogen and oxygen atoms in total. The molecule has 0 unspecified atom stereocenters. The van der Waals surface area contributed by atoms with Crippen LogP contribution in [0.2, 0.25) is 0 Å². The van der Waals surface area contributed by atoms with E-state index >= 15 is 0 Å². The molecule has 9 heteroatoms. The zero-order chi connectivity index (χ0) is 24.8. The van der Waals surface area contributed by atoms with Gasteiger partial charge in [0.05, 0.1) is 23.2 Å². The number of aromatic nitrogens is 3. The lowest BCUT2D eigenvalue weighted by Crippen LogP contribution is -2.10. The molecule has 0 atom stereocenters. The van der Waals surface area contributed by atoms with Crippen LogP contribution in [0.15, 0.2) is 47.8 Å². The topological polar surface area (TPSA) is 52.0 Å². The Morgan fingerprint density at radius 2 is 1.77 bits per heavy atom. The van der Waals surface area contributed by atoms with E-state index < -0.39 is 11.7 Å². The molecule has 0 spiro atoms. The van der Waals surface area contributed by atoms with E-state index in [1.165, 1.54) is 23.8 Å². The van der Waals surface area contributed by atoms with E-state index in [0.29, 0.717) is 22.3 Å². The number of anilines is 2. The largest absolute Gasteiger partial charge is 0.493 e. The normalized spacial score (nSPS) is 11.8. The molecule has 0 aliphatic heterocycles. The molecule has 2 heterocycles. The molecule has 0 bridgehead atoms. The molecule has 4 aromatic rings. The number of nitrogens with zero attached hydrogens (tertiary/aromatic N) is 3. The minimum absolute atomic E-state index is 0.142. The summed E-state index contributed by atoms with van der Waals surface area (Å²) in [4.78, 5) is 9.18. The number of rotatable bonds is 11. The summed E-state index contributed by atoms with van der Waals surface area (Å²) in [7, 11) is 1.91. The number of nitrogens with one attached hydrogen (secondary N) is 1. The second-order valence-corrected chi connectivity index (χ2v) is 9.33. The van der Waals surface area contributed by atoms with Gasteiger partial charge < -0.3 is 14.6 Å². The van der Waals surface area contributed by atoms with Gasteiger partial charge in [-0.15, -0.1) is 11.3 Å². The fraction of sp³-hybridized carbons (Fsp3) is 0.385. The Balaban J connectivity index is 1.45. The number of imidazole rings is 1. The van der Waals surface area contributed by atoms with Gasteiger partial charge in [0.25, 0.3) is 0 Å². The van der Waals surface area contributed by atoms with Crippen LogP contribution >= 0.6 is 11.3 Å². The molecule has 2 aromatic heterocycles. The Morgan fingerprint density at radius 1 is 1.00 bits per heavy atom. The Bertz CT molecular complexity index is 1270. The van der Waals surface area contributed by atoms with Crippen molar-refractivity contribution in [1.82, 2.24) is 14.5 Å². The lowest BCUT2D eigenvalue weighted by Gasteiger charge is -2.15. The van der Waals surface area contributed by atoms with Crippen molar-refractivity contribution in [1.29, 1.82) is 0 Å². The first-order valence-electron chi connectivity index (χ1n) is 11.8. The summed E-state index contributed by atoms with van der Waals surface area (Å²) >= 11 is 1.31. The van der Waals surface area contributed by atoms with Crippen molar-refractivity contribution in [2.75, 3.05) is 11.9 Å². The van der Waals surface area contributed by atoms with Crippen molar-refractivity contribution in [2.24, 2.45) is 7.05 Å². The summed E-state index contributed by atoms with van der Waals surface area (Å²) in [6, 6.07) is 11.8. The smallest absolute Gasteiger partial charge is 0.420 e. The first kappa shape index (κ1) is 25.0. The summed E-state index contributed by atoms with van der Waals surface area (Å²) in [6.45, 7) is 2.42. The molecule has 0 aliphatic rings. The van der Waals surface area contributed by atoms with Gasteiger partial charge in [-0.1, -0.05) is 51.2 Å². The highest BCUT2D eigenvalue weighted by Gasteiger charge is 2.34. The van der Waals surface area contributed by atoms with Crippen LogP contribution in [0.4, 0.5) is 24.0 Å². The SMILES string of the molecule is CCCCCCCCOc1ccc(Nc2nc(-c3nc4ccccc4n3C)cs2)cc1C(F)(F)F. The van der Waals surface area contributed by atoms with Crippen LogP contribution in [0.5, 0.6) is 5.75 Å². The number of para-hydroxylation sites is 2. The van der Waals surface area contributed by atoms with Gasteiger partial charge in [0, 0.05) is 18.1 Å². The average molecular weight is 503 g/mol. The summed E-state index contributed by atoms with van der Waals surface area (Å²) in [5.41, 5.74) is 2.01. The Morgan fingerprint density at radius 3 is 2.54 bits per heavy atom. The number of unbranched alkanes of at least 4 members (excludes halogenated alkanes) is 5. The molecule has 35 heavy (non-hydrogen) atoms. The van der Waals surface area contributed by atoms with Crippen molar-refractivity contribution in [2.45, 2.75) is 51.6 Å². The number of alkyl halides is 3. The van der Waals surface area contributed by atoms with Gasteiger partial charge in [-0.2, -0.15) is 13.2 Å². The summed E-state index contributed by atoms with van der Waals surface area (Å²) < 4.78 is 48.6. The maximum atomic E-state index is 13.7. The minimum atomic E-state index is -4.52. The molecular formula is C26H29F3N4OS. The number of halogens is 3. The number of hydrogen-bond acceptors (Lipinski definition) is 5. The number of thiazole rings is 1. The number of fused-ring (bicyclic) bond motifs is 1. The third kappa shape index (κ3) is 6.14. The van der Waals surface area contributed by atoms with Gasteiger partial charge in [0.15, 0.2) is 11.0 Å². The van der Waals surface area contributed by atoms with Crippen LogP contribution in [0.3, 0.4) is 0 Å². The van der Waals surface area contributed by atoms with Crippen molar-refractivity contribution < 1.29 is 17.9 Å². The second kappa shape index (κ2) is 11.1. The van der Waals surface area contributed by atoms with E-state index in [1.54, 1.807) is 6.07 Å². The molecule has 2 aromatic carbocycles. The Hall–Kier alpha value is -3.07. The fourth-order valence-corrected chi connectivity index (χ4v) is 4.66. The van der Waals surface area contributed by atoms with Crippen molar-refractivity contribution in [3.05, 3.63) is 53.4 Å². The maximum Gasteiger partial charge on any atom is 0.420 e. The maximum absolute atomic E-state index is 13.7. The lowest BCUT2D eigenvalue weighted by molar-refractivity contribution is -0.138. The lowest BCUT2D eigenvalue weighted by atomic mass is 10.1. The Kier molecular flexibility index (Phi) is 7.95. The van der Waals surface area contributed by atoms with E-state index in [2.05, 4.69) is 22.2 Å². The number of hydrogen-bond donors (Lipinski definition) is 1. The standard InChI is InChI=1S/C26H29F3N4OS/c1-3-4-5-6-7-10-15-34-23-14-13-18(16-19(23)26(27,28)29)30-25-32-21(17-35-25)24-31-20-11-8-9-12-22(20)33(24)2/h8-9,11-14,16-17H,3-7,10,15H2,1-2H3,(H,30,32). The van der Waals surface area contributed by atoms with Gasteiger partial charge >= 0.3 is 6.18 Å². The van der Waals surface area contributed by atoms with Crippen molar-refractivity contribution in [3.63, 3.8) is 0 Å². The zero-order valence-electron chi connectivity index (χ0n) is 19.9. The van der Waals surface area contributed by atoms with Gasteiger partial charge in [0.2, 0.25) is 0 Å². The number of ether oxygens (including phenoxy) is 1. The van der Waals surface area contributed by atoms with Gasteiger partial charge in [-0.3, -0.25) is 0 Å². The van der Waals surface area contributed by atoms with Crippen LogP contribution in [-0.2, 0) is 13.2 Å². The van der Waals surface area contributed by atoms with Crippen molar-refractivity contribution in [3.8, 4) is 17.3 Å². The van der Waals surface area contributed by atoms with Crippen LogP contribution in [-0.4, -0.2) is 21.1 Å². The summed E-state index contributed by atoms with van der Waals surface area (Å²) in [6.07, 6.45) is 1.76. The van der Waals surface area contributed by atoms with Crippen molar-refractivity contribution >= 4 is 33.2 Å². The Labute approximate surface area is 207 Å². The average Bonchev–Trinajstić information content (AvgIpc) is 3.43. The molecule has 0 saturated carbocycles. The summed E-state index contributed by atoms with van der Waals surface area (Å²) in [5, 5.41) is 5.32. The highest BCUT2D eigenvalue weighted by molar-refractivity contribution is 7.14. The van der Waals surface area contributed by atoms with E-state index in [4.69, 9.17) is 4.74 Å². The van der Waals surface area contributed by atoms with Gasteiger partial charge in [0.1, 0.15) is 11.4 Å². The molecule has 0 radical (unpaired) electrons. The molecular weight excluding hydrogens is 473 g/mol. The zero-order valence-corrected chi connectivity index (χ0v) is 20.7. The predicted molar refractivity (Wildman–Crippen MR) is 135 cm³/mol. The summed E-state index contributed by atoms with van der Waals surface area (Å²) in [5.74, 6) is 0.557. The third-order valence-electron chi connectivity index (χ3n) is 5.81. The van der Waals surface area contributed by atoms with E-state index in [1.807, 2.05) is 41.3 Å².